The molecule has 0 radical (unpaired) electrons. The summed E-state index contributed by atoms with van der Waals surface area (Å²) in [6.07, 6.45) is 2.58. The van der Waals surface area contributed by atoms with Crippen LogP contribution in [0.15, 0.2) is 30.3 Å². The maximum absolute atomic E-state index is 11.6. The summed E-state index contributed by atoms with van der Waals surface area (Å²) in [5.74, 6) is 0.413. The van der Waals surface area contributed by atoms with Crippen LogP contribution in [-0.4, -0.2) is 68.3 Å². The summed E-state index contributed by atoms with van der Waals surface area (Å²) in [4.78, 5) is 16.8. The highest BCUT2D eigenvalue weighted by Gasteiger charge is 2.34. The van der Waals surface area contributed by atoms with Gasteiger partial charge in [-0.05, 0) is 30.9 Å². The number of piperidine rings is 1. The third kappa shape index (κ3) is 5.27. The summed E-state index contributed by atoms with van der Waals surface area (Å²) >= 11 is 0. The van der Waals surface area contributed by atoms with E-state index in [9.17, 15) is 4.79 Å². The van der Waals surface area contributed by atoms with E-state index in [4.69, 9.17) is 9.47 Å². The number of rotatable bonds is 6. The zero-order valence-corrected chi connectivity index (χ0v) is 15.2. The maximum Gasteiger partial charge on any atom is 0.305 e. The third-order valence-corrected chi connectivity index (χ3v) is 5.49. The van der Waals surface area contributed by atoms with Crippen molar-refractivity contribution in [2.24, 2.45) is 5.92 Å². The Hall–Kier alpha value is -1.43. The standard InChI is InChI=1S/C20H30N2O3/c1-24-20(23)8-7-18-16-21(15-17-5-3-2-4-6-17)10-9-19(18)22-11-13-25-14-12-22/h2-6,18-19H,7-16H2,1H3. The van der Waals surface area contributed by atoms with Crippen LogP contribution in [0.3, 0.4) is 0 Å². The molecular formula is C20H30N2O3. The number of benzene rings is 1. The van der Waals surface area contributed by atoms with Crippen molar-refractivity contribution in [1.82, 2.24) is 9.80 Å². The van der Waals surface area contributed by atoms with Crippen LogP contribution in [-0.2, 0) is 20.8 Å². The van der Waals surface area contributed by atoms with E-state index in [1.54, 1.807) is 0 Å². The first-order valence-corrected chi connectivity index (χ1v) is 9.41. The maximum atomic E-state index is 11.6. The van der Waals surface area contributed by atoms with Gasteiger partial charge < -0.3 is 9.47 Å². The number of methoxy groups -OCH3 is 1. The average Bonchev–Trinajstić information content (AvgIpc) is 2.67. The lowest BCUT2D eigenvalue weighted by Gasteiger charge is -2.45. The van der Waals surface area contributed by atoms with Crippen molar-refractivity contribution in [3.63, 3.8) is 0 Å². The fourth-order valence-corrected chi connectivity index (χ4v) is 4.16. The van der Waals surface area contributed by atoms with Crippen LogP contribution in [0.25, 0.3) is 0 Å². The van der Waals surface area contributed by atoms with Crippen LogP contribution in [0.1, 0.15) is 24.8 Å². The summed E-state index contributed by atoms with van der Waals surface area (Å²) in [5.41, 5.74) is 1.36. The summed E-state index contributed by atoms with van der Waals surface area (Å²) in [6, 6.07) is 11.2. The molecule has 3 rings (SSSR count). The van der Waals surface area contributed by atoms with Crippen LogP contribution in [0.2, 0.25) is 0 Å². The number of esters is 1. The lowest BCUT2D eigenvalue weighted by atomic mass is 9.86. The molecule has 1 aromatic rings. The number of carbonyl (C=O) groups is 1. The second-order valence-corrected chi connectivity index (χ2v) is 7.10. The van der Waals surface area contributed by atoms with Crippen LogP contribution >= 0.6 is 0 Å². The number of hydrogen-bond acceptors (Lipinski definition) is 5. The molecule has 5 nitrogen and oxygen atoms in total. The largest absolute Gasteiger partial charge is 0.469 e. The highest BCUT2D eigenvalue weighted by molar-refractivity contribution is 5.69. The van der Waals surface area contributed by atoms with Gasteiger partial charge in [-0.25, -0.2) is 0 Å². The molecule has 1 aromatic carbocycles. The highest BCUT2D eigenvalue weighted by atomic mass is 16.5. The van der Waals surface area contributed by atoms with Gasteiger partial charge in [0.15, 0.2) is 0 Å². The second-order valence-electron chi connectivity index (χ2n) is 7.10. The van der Waals surface area contributed by atoms with Crippen molar-refractivity contribution >= 4 is 5.97 Å². The van der Waals surface area contributed by atoms with Crippen LogP contribution in [0, 0.1) is 5.92 Å². The quantitative estimate of drug-likeness (QED) is 0.739. The molecule has 2 unspecified atom stereocenters. The minimum absolute atomic E-state index is 0.0964. The molecule has 0 bridgehead atoms. The number of hydrogen-bond donors (Lipinski definition) is 0. The Labute approximate surface area is 150 Å². The number of carbonyl (C=O) groups excluding carboxylic acids is 1. The van der Waals surface area contributed by atoms with Crippen molar-refractivity contribution in [1.29, 1.82) is 0 Å². The van der Waals surface area contributed by atoms with Gasteiger partial charge in [0, 0.05) is 38.6 Å². The fraction of sp³-hybridized carbons (Fsp3) is 0.650. The molecule has 0 aliphatic carbocycles. The Morgan fingerprint density at radius 1 is 1.20 bits per heavy atom. The van der Waals surface area contributed by atoms with Gasteiger partial charge in [0.25, 0.3) is 0 Å². The summed E-state index contributed by atoms with van der Waals surface area (Å²) < 4.78 is 10.4. The minimum atomic E-state index is -0.0964. The van der Waals surface area contributed by atoms with Gasteiger partial charge in [-0.2, -0.15) is 0 Å². The van der Waals surface area contributed by atoms with E-state index in [1.807, 2.05) is 0 Å². The Morgan fingerprint density at radius 3 is 2.68 bits per heavy atom. The zero-order valence-electron chi connectivity index (χ0n) is 15.2. The lowest BCUT2D eigenvalue weighted by Crippen LogP contribution is -2.53. The van der Waals surface area contributed by atoms with E-state index in [0.29, 0.717) is 18.4 Å². The SMILES string of the molecule is COC(=O)CCC1CN(Cc2ccccc2)CCC1N1CCOCC1. The van der Waals surface area contributed by atoms with Gasteiger partial charge in [0.05, 0.1) is 20.3 Å². The van der Waals surface area contributed by atoms with Gasteiger partial charge in [0.1, 0.15) is 0 Å². The van der Waals surface area contributed by atoms with Crippen molar-refractivity contribution in [2.75, 3.05) is 46.5 Å². The average molecular weight is 346 g/mol. The number of likely N-dealkylation sites (tertiary alicyclic amines) is 1. The Balaban J connectivity index is 1.62. The Bertz CT molecular complexity index is 531. The van der Waals surface area contributed by atoms with Gasteiger partial charge in [0.2, 0.25) is 0 Å². The second kappa shape index (κ2) is 9.32. The van der Waals surface area contributed by atoms with Crippen molar-refractivity contribution in [2.45, 2.75) is 31.8 Å². The number of nitrogens with zero attached hydrogens (tertiary/aromatic N) is 2. The van der Waals surface area contributed by atoms with Crippen molar-refractivity contribution < 1.29 is 14.3 Å². The van der Waals surface area contributed by atoms with Crippen molar-refractivity contribution in [3.8, 4) is 0 Å². The van der Waals surface area contributed by atoms with E-state index < -0.39 is 0 Å². The normalized spacial score (nSPS) is 25.6. The molecule has 2 fully saturated rings. The van der Waals surface area contributed by atoms with Gasteiger partial charge >= 0.3 is 5.97 Å². The molecule has 2 aliphatic rings. The molecule has 2 saturated heterocycles. The van der Waals surface area contributed by atoms with E-state index in [1.165, 1.54) is 19.1 Å². The first kappa shape index (κ1) is 18.4. The van der Waals surface area contributed by atoms with E-state index >= 15 is 0 Å². The zero-order chi connectivity index (χ0) is 17.5. The molecule has 0 spiro atoms. The predicted molar refractivity (Wildman–Crippen MR) is 97.3 cm³/mol. The molecular weight excluding hydrogens is 316 g/mol. The van der Waals surface area contributed by atoms with Crippen molar-refractivity contribution in [3.05, 3.63) is 35.9 Å². The molecule has 2 aliphatic heterocycles. The topological polar surface area (TPSA) is 42.0 Å². The monoisotopic (exact) mass is 346 g/mol. The van der Waals surface area contributed by atoms with E-state index in [2.05, 4.69) is 40.1 Å². The van der Waals surface area contributed by atoms with E-state index in [0.717, 1.165) is 52.4 Å². The Morgan fingerprint density at radius 2 is 1.96 bits per heavy atom. The van der Waals surface area contributed by atoms with Crippen LogP contribution < -0.4 is 0 Å². The molecule has 138 valence electrons. The molecule has 5 heteroatoms. The first-order valence-electron chi connectivity index (χ1n) is 9.41. The lowest BCUT2D eigenvalue weighted by molar-refractivity contribution is -0.141. The summed E-state index contributed by atoms with van der Waals surface area (Å²) in [5, 5.41) is 0. The first-order chi connectivity index (χ1) is 12.3. The van der Waals surface area contributed by atoms with Gasteiger partial charge in [-0.3, -0.25) is 14.6 Å². The van der Waals surface area contributed by atoms with E-state index in [-0.39, 0.29) is 5.97 Å². The molecule has 0 aromatic heterocycles. The minimum Gasteiger partial charge on any atom is -0.469 e. The molecule has 0 N–H and O–H groups in total. The number of morpholine rings is 1. The molecule has 25 heavy (non-hydrogen) atoms. The smallest absolute Gasteiger partial charge is 0.305 e. The molecule has 2 heterocycles. The fourth-order valence-electron chi connectivity index (χ4n) is 4.16. The van der Waals surface area contributed by atoms with Crippen LogP contribution in [0.4, 0.5) is 0 Å². The molecule has 2 atom stereocenters. The van der Waals surface area contributed by atoms with Gasteiger partial charge in [-0.1, -0.05) is 30.3 Å². The van der Waals surface area contributed by atoms with Gasteiger partial charge in [-0.15, -0.1) is 0 Å². The summed E-state index contributed by atoms with van der Waals surface area (Å²) in [7, 11) is 1.48. The summed E-state index contributed by atoms with van der Waals surface area (Å²) in [6.45, 7) is 6.84. The highest BCUT2D eigenvalue weighted by Crippen LogP contribution is 2.28. The molecule has 0 saturated carbocycles. The predicted octanol–water partition coefficient (Wildman–Crippen LogP) is 2.16. The number of ether oxygens (including phenoxy) is 2. The molecule has 0 amide bonds. The Kier molecular flexibility index (Phi) is 6.84. The third-order valence-electron chi connectivity index (χ3n) is 5.49. The van der Waals surface area contributed by atoms with Crippen LogP contribution in [0.5, 0.6) is 0 Å².